The van der Waals surface area contributed by atoms with Gasteiger partial charge in [0.2, 0.25) is 0 Å². The molecule has 0 fully saturated rings. The number of carbonyl (C=O) groups is 1. The van der Waals surface area contributed by atoms with Crippen molar-refractivity contribution in [3.8, 4) is 6.07 Å². The van der Waals surface area contributed by atoms with Gasteiger partial charge >= 0.3 is 5.97 Å². The first-order chi connectivity index (χ1) is 5.96. The van der Waals surface area contributed by atoms with E-state index in [0.29, 0.717) is 13.0 Å². The highest BCUT2D eigenvalue weighted by Crippen LogP contribution is 2.25. The van der Waals surface area contributed by atoms with E-state index in [9.17, 15) is 4.79 Å². The van der Waals surface area contributed by atoms with Gasteiger partial charge in [0.1, 0.15) is 0 Å². The van der Waals surface area contributed by atoms with Gasteiger partial charge in [0.15, 0.2) is 5.41 Å². The monoisotopic (exact) mass is 181 g/mol. The molecular formula is C10H15NO2. The quantitative estimate of drug-likeness (QED) is 0.492. The van der Waals surface area contributed by atoms with Gasteiger partial charge < -0.3 is 4.74 Å². The van der Waals surface area contributed by atoms with Crippen LogP contribution in [-0.4, -0.2) is 12.6 Å². The lowest BCUT2D eigenvalue weighted by Gasteiger charge is -2.18. The minimum atomic E-state index is -1.08. The van der Waals surface area contributed by atoms with Gasteiger partial charge in [-0.2, -0.15) is 5.26 Å². The maximum atomic E-state index is 11.3. The topological polar surface area (TPSA) is 50.1 Å². The minimum absolute atomic E-state index is 0.298. The smallest absolute Gasteiger partial charge is 0.326 e. The fourth-order valence-electron chi connectivity index (χ4n) is 1.05. The average molecular weight is 181 g/mol. The molecule has 0 N–H and O–H groups in total. The summed E-state index contributed by atoms with van der Waals surface area (Å²) < 4.78 is 4.80. The van der Waals surface area contributed by atoms with Crippen LogP contribution in [0.15, 0.2) is 12.2 Å². The van der Waals surface area contributed by atoms with E-state index in [4.69, 9.17) is 10.00 Å². The Labute approximate surface area is 79.0 Å². The van der Waals surface area contributed by atoms with Crippen molar-refractivity contribution >= 4 is 5.97 Å². The molecule has 0 aliphatic carbocycles. The second-order valence-electron chi connectivity index (χ2n) is 3.30. The third kappa shape index (κ3) is 3.29. The molecule has 72 valence electrons. The zero-order chi connectivity index (χ0) is 10.5. The fourth-order valence-corrected chi connectivity index (χ4v) is 1.05. The van der Waals surface area contributed by atoms with Crippen molar-refractivity contribution in [2.45, 2.75) is 27.2 Å². The number of nitrogens with zero attached hydrogens (tertiary/aromatic N) is 1. The Kier molecular flexibility index (Phi) is 4.19. The van der Waals surface area contributed by atoms with E-state index in [1.165, 1.54) is 0 Å². The molecule has 3 heteroatoms. The largest absolute Gasteiger partial charge is 0.465 e. The molecule has 0 aromatic rings. The minimum Gasteiger partial charge on any atom is -0.465 e. The Morgan fingerprint density at radius 1 is 1.69 bits per heavy atom. The van der Waals surface area contributed by atoms with Gasteiger partial charge in [0.25, 0.3) is 0 Å². The number of allylic oxidation sites excluding steroid dienone is 1. The van der Waals surface area contributed by atoms with E-state index in [-0.39, 0.29) is 0 Å². The maximum absolute atomic E-state index is 11.3. The molecule has 0 spiro atoms. The Morgan fingerprint density at radius 3 is 2.54 bits per heavy atom. The SMILES string of the molecule is C=C(C)CC(C)(C#N)C(=O)OCC. The number of ether oxygens (including phenoxy) is 1. The molecule has 0 aliphatic rings. The highest BCUT2D eigenvalue weighted by molar-refractivity contribution is 5.79. The molecule has 13 heavy (non-hydrogen) atoms. The van der Waals surface area contributed by atoms with Gasteiger partial charge in [0, 0.05) is 0 Å². The standard InChI is InChI=1S/C10H15NO2/c1-5-13-9(12)10(4,7-11)6-8(2)3/h2,5-6H2,1,3-4H3. The average Bonchev–Trinajstić information content (AvgIpc) is 2.03. The number of hydrogen-bond acceptors (Lipinski definition) is 3. The molecule has 0 aliphatic heterocycles. The maximum Gasteiger partial charge on any atom is 0.326 e. The Hall–Kier alpha value is -1.30. The number of carbonyl (C=O) groups excluding carboxylic acids is 1. The summed E-state index contributed by atoms with van der Waals surface area (Å²) >= 11 is 0. The van der Waals surface area contributed by atoms with E-state index in [1.807, 2.05) is 6.07 Å². The number of hydrogen-bond donors (Lipinski definition) is 0. The van der Waals surface area contributed by atoms with Crippen LogP contribution in [0.5, 0.6) is 0 Å². The summed E-state index contributed by atoms with van der Waals surface area (Å²) in [5.74, 6) is -0.472. The van der Waals surface area contributed by atoms with Crippen LogP contribution in [0.1, 0.15) is 27.2 Å². The first kappa shape index (κ1) is 11.7. The van der Waals surface area contributed by atoms with E-state index in [1.54, 1.807) is 20.8 Å². The highest BCUT2D eigenvalue weighted by atomic mass is 16.5. The van der Waals surface area contributed by atoms with Crippen molar-refractivity contribution in [3.63, 3.8) is 0 Å². The van der Waals surface area contributed by atoms with E-state index >= 15 is 0 Å². The zero-order valence-corrected chi connectivity index (χ0v) is 8.39. The molecule has 3 nitrogen and oxygen atoms in total. The van der Waals surface area contributed by atoms with Gasteiger partial charge in [-0.3, -0.25) is 4.79 Å². The van der Waals surface area contributed by atoms with Gasteiger partial charge in [-0.25, -0.2) is 0 Å². The van der Waals surface area contributed by atoms with Crippen molar-refractivity contribution in [2.24, 2.45) is 5.41 Å². The summed E-state index contributed by atoms with van der Waals surface area (Å²) in [4.78, 5) is 11.3. The van der Waals surface area contributed by atoms with Crippen LogP contribution in [0.4, 0.5) is 0 Å². The Balaban J connectivity index is 4.55. The summed E-state index contributed by atoms with van der Waals surface area (Å²) in [5.41, 5.74) is -0.279. The second kappa shape index (κ2) is 4.66. The van der Waals surface area contributed by atoms with Crippen LogP contribution in [0.3, 0.4) is 0 Å². The van der Waals surface area contributed by atoms with Crippen LogP contribution in [0.2, 0.25) is 0 Å². The van der Waals surface area contributed by atoms with Crippen LogP contribution >= 0.6 is 0 Å². The number of nitriles is 1. The van der Waals surface area contributed by atoms with Crippen molar-refractivity contribution in [3.05, 3.63) is 12.2 Å². The summed E-state index contributed by atoms with van der Waals surface area (Å²) in [7, 11) is 0. The highest BCUT2D eigenvalue weighted by Gasteiger charge is 2.34. The van der Waals surface area contributed by atoms with Crippen LogP contribution in [0.25, 0.3) is 0 Å². The second-order valence-corrected chi connectivity index (χ2v) is 3.30. The lowest BCUT2D eigenvalue weighted by atomic mass is 9.86. The first-order valence-corrected chi connectivity index (χ1v) is 4.19. The molecule has 1 atom stereocenters. The van der Waals surface area contributed by atoms with Crippen LogP contribution < -0.4 is 0 Å². The summed E-state index contributed by atoms with van der Waals surface area (Å²) in [6, 6.07) is 1.96. The number of rotatable bonds is 4. The van der Waals surface area contributed by atoms with Crippen LogP contribution in [-0.2, 0) is 9.53 Å². The summed E-state index contributed by atoms with van der Waals surface area (Å²) in [6.45, 7) is 9.04. The predicted octanol–water partition coefficient (Wildman–Crippen LogP) is 2.05. The van der Waals surface area contributed by atoms with Crippen molar-refractivity contribution in [2.75, 3.05) is 6.61 Å². The molecule has 0 aromatic heterocycles. The molecule has 0 amide bonds. The lowest BCUT2D eigenvalue weighted by Crippen LogP contribution is -2.28. The van der Waals surface area contributed by atoms with Crippen molar-refractivity contribution in [1.82, 2.24) is 0 Å². The third-order valence-electron chi connectivity index (χ3n) is 1.63. The zero-order valence-electron chi connectivity index (χ0n) is 8.39. The Bertz CT molecular complexity index is 252. The fraction of sp³-hybridized carbons (Fsp3) is 0.600. The van der Waals surface area contributed by atoms with Crippen molar-refractivity contribution < 1.29 is 9.53 Å². The van der Waals surface area contributed by atoms with Crippen molar-refractivity contribution in [1.29, 1.82) is 5.26 Å². The molecule has 0 saturated heterocycles. The first-order valence-electron chi connectivity index (χ1n) is 4.19. The number of esters is 1. The molecule has 0 saturated carbocycles. The van der Waals surface area contributed by atoms with E-state index < -0.39 is 11.4 Å². The van der Waals surface area contributed by atoms with E-state index in [2.05, 4.69) is 6.58 Å². The Morgan fingerprint density at radius 2 is 2.23 bits per heavy atom. The van der Waals surface area contributed by atoms with Gasteiger partial charge in [-0.15, -0.1) is 6.58 Å². The van der Waals surface area contributed by atoms with Gasteiger partial charge in [-0.1, -0.05) is 5.57 Å². The van der Waals surface area contributed by atoms with Crippen LogP contribution in [0, 0.1) is 16.7 Å². The lowest BCUT2D eigenvalue weighted by molar-refractivity contribution is -0.151. The summed E-state index contributed by atoms with van der Waals surface area (Å²) in [5, 5.41) is 8.84. The predicted molar refractivity (Wildman–Crippen MR) is 49.8 cm³/mol. The van der Waals surface area contributed by atoms with Gasteiger partial charge in [0.05, 0.1) is 12.7 Å². The molecule has 0 heterocycles. The molecule has 0 rings (SSSR count). The summed E-state index contributed by atoms with van der Waals surface area (Å²) in [6.07, 6.45) is 0.350. The third-order valence-corrected chi connectivity index (χ3v) is 1.63. The van der Waals surface area contributed by atoms with Gasteiger partial charge in [-0.05, 0) is 27.2 Å². The molecule has 0 aromatic carbocycles. The normalized spacial score (nSPS) is 14.0. The molecule has 0 radical (unpaired) electrons. The molecule has 1 unspecified atom stereocenters. The molecule has 0 bridgehead atoms. The van der Waals surface area contributed by atoms with E-state index in [0.717, 1.165) is 5.57 Å². The molecular weight excluding hydrogens is 166 g/mol.